The van der Waals surface area contributed by atoms with Gasteiger partial charge in [0, 0.05) is 6.42 Å². The third kappa shape index (κ3) is 4.71. The van der Waals surface area contributed by atoms with E-state index >= 15 is 0 Å². The molecule has 0 aliphatic heterocycles. The number of unbranched alkanes of at least 4 members (excludes halogenated alkanes) is 3. The Balaban J connectivity index is 2.25. The first-order chi connectivity index (χ1) is 7.88. The molecule has 0 unspecified atom stereocenters. The van der Waals surface area contributed by atoms with Gasteiger partial charge in [0.05, 0.1) is 18.4 Å². The third-order valence-corrected chi connectivity index (χ3v) is 3.37. The van der Waals surface area contributed by atoms with Crippen molar-refractivity contribution in [3.8, 4) is 6.07 Å². The van der Waals surface area contributed by atoms with Gasteiger partial charge in [0.15, 0.2) is 0 Å². The molecule has 0 saturated carbocycles. The second-order valence-electron chi connectivity index (χ2n) is 3.71. The predicted octanol–water partition coefficient (Wildman–Crippen LogP) is 2.64. The van der Waals surface area contributed by atoms with Gasteiger partial charge in [-0.25, -0.2) is 9.55 Å². The van der Waals surface area contributed by atoms with E-state index in [-0.39, 0.29) is 0 Å². The summed E-state index contributed by atoms with van der Waals surface area (Å²) >= 11 is 1.93. The van der Waals surface area contributed by atoms with Gasteiger partial charge in [-0.15, -0.1) is 11.8 Å². The number of imidazole rings is 1. The Kier molecular flexibility index (Phi) is 6.75. The van der Waals surface area contributed by atoms with E-state index in [1.807, 2.05) is 18.0 Å². The molecule has 0 saturated heterocycles. The predicted molar refractivity (Wildman–Crippen MR) is 66.9 cm³/mol. The monoisotopic (exact) mass is 238 g/mol. The molecule has 1 rings (SSSR count). The molecule has 16 heavy (non-hydrogen) atoms. The molecular formula is C12H20N3S+. The smallest absolute Gasteiger partial charge is 0.247 e. The summed E-state index contributed by atoms with van der Waals surface area (Å²) in [7, 11) is 0. The van der Waals surface area contributed by atoms with Gasteiger partial charge in [-0.3, -0.25) is 0 Å². The summed E-state index contributed by atoms with van der Waals surface area (Å²) in [6.07, 6.45) is 8.13. The van der Waals surface area contributed by atoms with Crippen LogP contribution < -0.4 is 4.57 Å². The van der Waals surface area contributed by atoms with Crippen LogP contribution in [0.3, 0.4) is 0 Å². The zero-order chi connectivity index (χ0) is 11.6. The number of aryl methyl sites for hydroxylation is 1. The maximum absolute atomic E-state index is 8.43. The van der Waals surface area contributed by atoms with Crippen molar-refractivity contribution in [1.82, 2.24) is 4.98 Å². The Morgan fingerprint density at radius 3 is 3.06 bits per heavy atom. The maximum Gasteiger partial charge on any atom is 0.264 e. The Bertz CT molecular complexity index is 327. The first-order valence-electron chi connectivity index (χ1n) is 5.89. The fourth-order valence-electron chi connectivity index (χ4n) is 1.59. The van der Waals surface area contributed by atoms with Crippen molar-refractivity contribution in [2.24, 2.45) is 0 Å². The van der Waals surface area contributed by atoms with E-state index < -0.39 is 0 Å². The van der Waals surface area contributed by atoms with E-state index in [1.165, 1.54) is 5.82 Å². The van der Waals surface area contributed by atoms with Crippen molar-refractivity contribution in [3.63, 3.8) is 0 Å². The van der Waals surface area contributed by atoms with Gasteiger partial charge in [0.2, 0.25) is 0 Å². The first-order valence-corrected chi connectivity index (χ1v) is 7.04. The highest BCUT2D eigenvalue weighted by molar-refractivity contribution is 7.98. The molecule has 0 radical (unpaired) electrons. The van der Waals surface area contributed by atoms with Crippen LogP contribution in [0, 0.1) is 11.3 Å². The number of rotatable bonds is 8. The highest BCUT2D eigenvalue weighted by Gasteiger charge is 2.08. The van der Waals surface area contributed by atoms with Crippen LogP contribution >= 0.6 is 11.8 Å². The summed E-state index contributed by atoms with van der Waals surface area (Å²) in [5.41, 5.74) is 0. The highest BCUT2D eigenvalue weighted by Crippen LogP contribution is 2.06. The molecular weight excluding hydrogens is 218 g/mol. The summed E-state index contributed by atoms with van der Waals surface area (Å²) in [6, 6.07) is 2.18. The normalized spacial score (nSPS) is 10.2. The molecule has 3 nitrogen and oxygen atoms in total. The molecule has 0 fully saturated rings. The summed E-state index contributed by atoms with van der Waals surface area (Å²) in [4.78, 5) is 3.28. The van der Waals surface area contributed by atoms with Gasteiger partial charge in [0.25, 0.3) is 5.82 Å². The molecule has 0 aliphatic carbocycles. The van der Waals surface area contributed by atoms with Crippen molar-refractivity contribution >= 4 is 11.8 Å². The second kappa shape index (κ2) is 8.23. The molecule has 1 heterocycles. The lowest BCUT2D eigenvalue weighted by atomic mass is 10.2. The molecule has 0 atom stereocenters. The Labute approximate surface area is 102 Å². The molecule has 0 aliphatic rings. The van der Waals surface area contributed by atoms with Crippen LogP contribution in [0.2, 0.25) is 0 Å². The number of hydrogen-bond acceptors (Lipinski definition) is 2. The Hall–Kier alpha value is -0.950. The van der Waals surface area contributed by atoms with Crippen LogP contribution in [0.4, 0.5) is 0 Å². The van der Waals surface area contributed by atoms with Crippen LogP contribution in [0.5, 0.6) is 0 Å². The first kappa shape index (κ1) is 13.1. The van der Waals surface area contributed by atoms with Crippen LogP contribution in [0.25, 0.3) is 0 Å². The summed E-state index contributed by atoms with van der Waals surface area (Å²) in [5, 5.41) is 8.43. The topological polar surface area (TPSA) is 43.5 Å². The fraction of sp³-hybridized carbons (Fsp3) is 0.667. The minimum absolute atomic E-state index is 0.691. The SMILES string of the molecule is CCSCc1[nH]cc[n+]1CCCCCC#N. The lowest BCUT2D eigenvalue weighted by Crippen LogP contribution is -2.35. The van der Waals surface area contributed by atoms with Crippen LogP contribution in [-0.2, 0) is 12.3 Å². The molecule has 0 spiro atoms. The summed E-state index contributed by atoms with van der Waals surface area (Å²) < 4.78 is 2.29. The zero-order valence-corrected chi connectivity index (χ0v) is 10.7. The number of nitriles is 1. The minimum Gasteiger partial charge on any atom is -0.247 e. The molecule has 1 N–H and O–H groups in total. The number of nitrogens with one attached hydrogen (secondary N) is 1. The lowest BCUT2D eigenvalue weighted by molar-refractivity contribution is -0.702. The van der Waals surface area contributed by atoms with E-state index in [1.54, 1.807) is 0 Å². The number of aromatic amines is 1. The second-order valence-corrected chi connectivity index (χ2v) is 4.98. The Morgan fingerprint density at radius 2 is 2.31 bits per heavy atom. The number of hydrogen-bond donors (Lipinski definition) is 1. The van der Waals surface area contributed by atoms with Gasteiger partial charge in [-0.2, -0.15) is 5.26 Å². The quantitative estimate of drug-likeness (QED) is 0.559. The van der Waals surface area contributed by atoms with E-state index in [0.717, 1.165) is 37.3 Å². The average molecular weight is 238 g/mol. The van der Waals surface area contributed by atoms with Crippen molar-refractivity contribution in [3.05, 3.63) is 18.2 Å². The van der Waals surface area contributed by atoms with Crippen molar-refractivity contribution in [1.29, 1.82) is 5.26 Å². The lowest BCUT2D eigenvalue weighted by Gasteiger charge is -2.00. The molecule has 1 aromatic rings. The molecule has 1 aromatic heterocycles. The molecule has 0 aromatic carbocycles. The Morgan fingerprint density at radius 1 is 1.44 bits per heavy atom. The van der Waals surface area contributed by atoms with Crippen molar-refractivity contribution in [2.45, 2.75) is 44.9 Å². The third-order valence-electron chi connectivity index (χ3n) is 2.48. The molecule has 0 amide bonds. The van der Waals surface area contributed by atoms with Crippen molar-refractivity contribution in [2.75, 3.05) is 5.75 Å². The molecule has 88 valence electrons. The van der Waals surface area contributed by atoms with Gasteiger partial charge >= 0.3 is 0 Å². The number of H-pyrrole nitrogens is 1. The average Bonchev–Trinajstić information content (AvgIpc) is 2.74. The van der Waals surface area contributed by atoms with E-state index in [0.29, 0.717) is 6.42 Å². The maximum atomic E-state index is 8.43. The van der Waals surface area contributed by atoms with Crippen molar-refractivity contribution < 1.29 is 4.57 Å². The van der Waals surface area contributed by atoms with Gasteiger partial charge < -0.3 is 0 Å². The number of aromatic nitrogens is 2. The van der Waals surface area contributed by atoms with E-state index in [4.69, 9.17) is 5.26 Å². The number of thioether (sulfide) groups is 1. The highest BCUT2D eigenvalue weighted by atomic mass is 32.2. The van der Waals surface area contributed by atoms with Crippen LogP contribution in [-0.4, -0.2) is 10.7 Å². The van der Waals surface area contributed by atoms with Gasteiger partial charge in [-0.05, 0) is 25.0 Å². The molecule has 4 heteroatoms. The van der Waals surface area contributed by atoms with E-state index in [9.17, 15) is 0 Å². The summed E-state index contributed by atoms with van der Waals surface area (Å²) in [5.74, 6) is 3.51. The van der Waals surface area contributed by atoms with Crippen LogP contribution in [0.1, 0.15) is 38.4 Å². The van der Waals surface area contributed by atoms with Gasteiger partial charge in [-0.1, -0.05) is 6.92 Å². The minimum atomic E-state index is 0.691. The largest absolute Gasteiger partial charge is 0.264 e. The number of nitrogens with zero attached hydrogens (tertiary/aromatic N) is 2. The van der Waals surface area contributed by atoms with Gasteiger partial charge in [0.1, 0.15) is 12.4 Å². The van der Waals surface area contributed by atoms with E-state index in [2.05, 4.69) is 28.7 Å². The fourth-order valence-corrected chi connectivity index (χ4v) is 2.24. The standard InChI is InChI=1S/C12H19N3S/c1-2-16-11-12-14-8-10-15(12)9-6-4-3-5-7-13/h8,10H,2-6,9,11H2,1H3/p+1. The molecule has 0 bridgehead atoms. The zero-order valence-electron chi connectivity index (χ0n) is 9.91. The van der Waals surface area contributed by atoms with Crippen LogP contribution in [0.15, 0.2) is 12.4 Å². The summed E-state index contributed by atoms with van der Waals surface area (Å²) in [6.45, 7) is 3.24.